The van der Waals surface area contributed by atoms with Crippen molar-refractivity contribution < 1.29 is 4.79 Å². The molecular formula is C18H23N5O. The SMILES string of the molecule is Cc1nc(-c2ccncc2)nc2c1CCC(=O)N2CCCN(C)C. The zero-order chi connectivity index (χ0) is 17.1. The smallest absolute Gasteiger partial charge is 0.228 e. The molecule has 0 saturated heterocycles. The maximum Gasteiger partial charge on any atom is 0.228 e. The Morgan fingerprint density at radius 3 is 2.62 bits per heavy atom. The molecule has 0 saturated carbocycles. The Morgan fingerprint density at radius 2 is 1.92 bits per heavy atom. The van der Waals surface area contributed by atoms with Crippen LogP contribution < -0.4 is 4.90 Å². The van der Waals surface area contributed by atoms with Gasteiger partial charge in [-0.1, -0.05) is 0 Å². The van der Waals surface area contributed by atoms with Crippen molar-refractivity contribution in [3.8, 4) is 11.4 Å². The van der Waals surface area contributed by atoms with E-state index in [2.05, 4.69) is 14.9 Å². The molecule has 0 unspecified atom stereocenters. The molecule has 0 spiro atoms. The highest BCUT2D eigenvalue weighted by Gasteiger charge is 2.27. The molecular weight excluding hydrogens is 302 g/mol. The molecule has 1 aliphatic rings. The number of carbonyl (C=O) groups is 1. The van der Waals surface area contributed by atoms with E-state index in [0.717, 1.165) is 42.0 Å². The van der Waals surface area contributed by atoms with Crippen LogP contribution in [-0.2, 0) is 11.2 Å². The van der Waals surface area contributed by atoms with E-state index >= 15 is 0 Å². The van der Waals surface area contributed by atoms with Crippen molar-refractivity contribution in [1.82, 2.24) is 19.9 Å². The largest absolute Gasteiger partial charge is 0.309 e. The molecule has 0 atom stereocenters. The van der Waals surface area contributed by atoms with Gasteiger partial charge in [0, 0.05) is 42.2 Å². The summed E-state index contributed by atoms with van der Waals surface area (Å²) in [7, 11) is 4.08. The number of rotatable bonds is 5. The van der Waals surface area contributed by atoms with Gasteiger partial charge in [-0.25, -0.2) is 9.97 Å². The van der Waals surface area contributed by atoms with Gasteiger partial charge in [-0.15, -0.1) is 0 Å². The molecule has 3 heterocycles. The minimum Gasteiger partial charge on any atom is -0.309 e. The topological polar surface area (TPSA) is 62.2 Å². The molecule has 6 nitrogen and oxygen atoms in total. The maximum atomic E-state index is 12.4. The average Bonchev–Trinajstić information content (AvgIpc) is 2.57. The van der Waals surface area contributed by atoms with Crippen LogP contribution in [0.25, 0.3) is 11.4 Å². The summed E-state index contributed by atoms with van der Waals surface area (Å²) in [5, 5.41) is 0. The summed E-state index contributed by atoms with van der Waals surface area (Å²) in [4.78, 5) is 29.8. The van der Waals surface area contributed by atoms with Crippen molar-refractivity contribution in [2.75, 3.05) is 32.1 Å². The van der Waals surface area contributed by atoms with E-state index in [1.165, 1.54) is 0 Å². The first kappa shape index (κ1) is 16.5. The van der Waals surface area contributed by atoms with Crippen molar-refractivity contribution in [1.29, 1.82) is 0 Å². The Kier molecular flexibility index (Phi) is 4.85. The van der Waals surface area contributed by atoms with Gasteiger partial charge >= 0.3 is 0 Å². The lowest BCUT2D eigenvalue weighted by molar-refractivity contribution is -0.119. The third kappa shape index (κ3) is 3.43. The summed E-state index contributed by atoms with van der Waals surface area (Å²) < 4.78 is 0. The van der Waals surface area contributed by atoms with E-state index in [0.29, 0.717) is 18.8 Å². The number of nitrogens with zero attached hydrogens (tertiary/aromatic N) is 5. The lowest BCUT2D eigenvalue weighted by Crippen LogP contribution is -2.38. The molecule has 1 aliphatic heterocycles. The molecule has 0 N–H and O–H groups in total. The van der Waals surface area contributed by atoms with E-state index in [-0.39, 0.29) is 5.91 Å². The Balaban J connectivity index is 1.95. The van der Waals surface area contributed by atoms with Crippen molar-refractivity contribution in [3.05, 3.63) is 35.8 Å². The predicted molar refractivity (Wildman–Crippen MR) is 93.8 cm³/mol. The van der Waals surface area contributed by atoms with Crippen LogP contribution in [0.5, 0.6) is 0 Å². The number of carbonyl (C=O) groups excluding carboxylic acids is 1. The Morgan fingerprint density at radius 1 is 1.17 bits per heavy atom. The number of pyridine rings is 1. The highest BCUT2D eigenvalue weighted by Crippen LogP contribution is 2.30. The van der Waals surface area contributed by atoms with E-state index in [4.69, 9.17) is 4.98 Å². The van der Waals surface area contributed by atoms with Gasteiger partial charge in [0.05, 0.1) is 0 Å². The minimum atomic E-state index is 0.153. The van der Waals surface area contributed by atoms with Crippen LogP contribution in [0.1, 0.15) is 24.1 Å². The molecule has 2 aromatic heterocycles. The van der Waals surface area contributed by atoms with Crippen molar-refractivity contribution in [3.63, 3.8) is 0 Å². The highest BCUT2D eigenvalue weighted by molar-refractivity contribution is 5.95. The van der Waals surface area contributed by atoms with Gasteiger partial charge in [-0.05, 0) is 52.5 Å². The molecule has 0 radical (unpaired) electrons. The average molecular weight is 325 g/mol. The van der Waals surface area contributed by atoms with Gasteiger partial charge in [0.2, 0.25) is 5.91 Å². The van der Waals surface area contributed by atoms with Crippen LogP contribution in [0, 0.1) is 6.92 Å². The van der Waals surface area contributed by atoms with Crippen LogP contribution >= 0.6 is 0 Å². The number of aryl methyl sites for hydroxylation is 1. The molecule has 0 aromatic carbocycles. The Labute approximate surface area is 142 Å². The van der Waals surface area contributed by atoms with Crippen molar-refractivity contribution >= 4 is 11.7 Å². The zero-order valence-corrected chi connectivity index (χ0v) is 14.5. The summed E-state index contributed by atoms with van der Waals surface area (Å²) in [6.07, 6.45) is 5.64. The minimum absolute atomic E-state index is 0.153. The fraction of sp³-hybridized carbons (Fsp3) is 0.444. The fourth-order valence-corrected chi connectivity index (χ4v) is 2.99. The first-order valence-electron chi connectivity index (χ1n) is 8.29. The van der Waals surface area contributed by atoms with Gasteiger partial charge in [0.25, 0.3) is 0 Å². The maximum absolute atomic E-state index is 12.4. The lowest BCUT2D eigenvalue weighted by atomic mass is 10.0. The third-order valence-corrected chi connectivity index (χ3v) is 4.26. The van der Waals surface area contributed by atoms with Gasteiger partial charge in [0.15, 0.2) is 5.82 Å². The summed E-state index contributed by atoms with van der Waals surface area (Å²) in [6, 6.07) is 3.78. The first-order valence-corrected chi connectivity index (χ1v) is 8.29. The summed E-state index contributed by atoms with van der Waals surface area (Å²) in [6.45, 7) is 3.63. The molecule has 2 aromatic rings. The van der Waals surface area contributed by atoms with Crippen molar-refractivity contribution in [2.24, 2.45) is 0 Å². The first-order chi connectivity index (χ1) is 11.6. The zero-order valence-electron chi connectivity index (χ0n) is 14.5. The van der Waals surface area contributed by atoms with E-state index < -0.39 is 0 Å². The van der Waals surface area contributed by atoms with Crippen LogP contribution in [-0.4, -0.2) is 52.9 Å². The molecule has 1 amide bonds. The number of fused-ring (bicyclic) bond motifs is 1. The van der Waals surface area contributed by atoms with Crippen molar-refractivity contribution in [2.45, 2.75) is 26.2 Å². The second-order valence-corrected chi connectivity index (χ2v) is 6.37. The van der Waals surface area contributed by atoms with Crippen LogP contribution in [0.15, 0.2) is 24.5 Å². The van der Waals surface area contributed by atoms with Crippen LogP contribution in [0.3, 0.4) is 0 Å². The number of anilines is 1. The number of hydrogen-bond acceptors (Lipinski definition) is 5. The van der Waals surface area contributed by atoms with Crippen LogP contribution in [0.4, 0.5) is 5.82 Å². The number of hydrogen-bond donors (Lipinski definition) is 0. The standard InChI is InChI=1S/C18H23N5O/c1-13-15-5-6-16(24)23(12-4-11-22(2)3)18(15)21-17(20-13)14-7-9-19-10-8-14/h7-10H,4-6,11-12H2,1-3H3. The summed E-state index contributed by atoms with van der Waals surface area (Å²) in [5.41, 5.74) is 2.97. The van der Waals surface area contributed by atoms with Gasteiger partial charge < -0.3 is 4.90 Å². The van der Waals surface area contributed by atoms with Gasteiger partial charge in [-0.2, -0.15) is 0 Å². The molecule has 0 aliphatic carbocycles. The second-order valence-electron chi connectivity index (χ2n) is 6.37. The Hall–Kier alpha value is -2.34. The monoisotopic (exact) mass is 325 g/mol. The Bertz CT molecular complexity index is 730. The quantitative estimate of drug-likeness (QED) is 0.842. The second kappa shape index (κ2) is 7.05. The molecule has 3 rings (SSSR count). The molecule has 126 valence electrons. The number of amides is 1. The van der Waals surface area contributed by atoms with E-state index in [9.17, 15) is 4.79 Å². The molecule has 24 heavy (non-hydrogen) atoms. The summed E-state index contributed by atoms with van der Waals surface area (Å²) >= 11 is 0. The lowest BCUT2D eigenvalue weighted by Gasteiger charge is -2.29. The van der Waals surface area contributed by atoms with E-state index in [1.54, 1.807) is 12.4 Å². The molecule has 6 heteroatoms. The fourth-order valence-electron chi connectivity index (χ4n) is 2.99. The van der Waals surface area contributed by atoms with E-state index in [1.807, 2.05) is 38.1 Å². The highest BCUT2D eigenvalue weighted by atomic mass is 16.2. The summed E-state index contributed by atoms with van der Waals surface area (Å²) in [5.74, 6) is 1.59. The third-order valence-electron chi connectivity index (χ3n) is 4.26. The van der Waals surface area contributed by atoms with Gasteiger partial charge in [0.1, 0.15) is 5.82 Å². The molecule has 0 bridgehead atoms. The normalized spacial score (nSPS) is 14.2. The predicted octanol–water partition coefficient (Wildman–Crippen LogP) is 2.08. The molecule has 0 fully saturated rings. The van der Waals surface area contributed by atoms with Crippen LogP contribution in [0.2, 0.25) is 0 Å². The van der Waals surface area contributed by atoms with Gasteiger partial charge in [-0.3, -0.25) is 14.7 Å². The number of aromatic nitrogens is 3.